The van der Waals surface area contributed by atoms with Crippen molar-refractivity contribution in [3.63, 3.8) is 0 Å². The van der Waals surface area contributed by atoms with E-state index in [-0.39, 0.29) is 10.8 Å². The first-order valence-corrected chi connectivity index (χ1v) is 7.56. The molecule has 4 nitrogen and oxygen atoms in total. The molecule has 0 aromatic carbocycles. The van der Waals surface area contributed by atoms with Gasteiger partial charge >= 0.3 is 5.97 Å². The van der Waals surface area contributed by atoms with E-state index in [4.69, 9.17) is 5.73 Å². The van der Waals surface area contributed by atoms with Crippen LogP contribution in [0.2, 0.25) is 0 Å². The van der Waals surface area contributed by atoms with Crippen LogP contribution in [-0.2, 0) is 0 Å². The van der Waals surface area contributed by atoms with Gasteiger partial charge in [0.1, 0.15) is 4.88 Å². The van der Waals surface area contributed by atoms with Gasteiger partial charge in [-0.2, -0.15) is 0 Å². The van der Waals surface area contributed by atoms with Gasteiger partial charge in [-0.3, -0.25) is 0 Å². The molecule has 0 aliphatic heterocycles. The molecule has 0 saturated heterocycles. The minimum absolute atomic E-state index is 0.182. The molecule has 19 heavy (non-hydrogen) atoms. The van der Waals surface area contributed by atoms with Gasteiger partial charge in [-0.15, -0.1) is 22.7 Å². The average molecular weight is 296 g/mol. The van der Waals surface area contributed by atoms with Gasteiger partial charge in [-0.05, 0) is 25.3 Å². The van der Waals surface area contributed by atoms with E-state index in [0.29, 0.717) is 5.69 Å². The Morgan fingerprint density at radius 1 is 1.26 bits per heavy atom. The topological polar surface area (TPSA) is 76.2 Å². The summed E-state index contributed by atoms with van der Waals surface area (Å²) in [6.07, 6.45) is 0. The van der Waals surface area contributed by atoms with Crippen molar-refractivity contribution in [2.45, 2.75) is 33.6 Å². The normalized spacial score (nSPS) is 11.2. The standard InChI is InChI=1S/C13H16N2O2S2/c1-5(2)8-9(14)12(13(16)17)19-11(8)10-6(3)15-7(4)18-10/h5H,14H2,1-4H3,(H,16,17). The van der Waals surface area contributed by atoms with Gasteiger partial charge in [-0.1, -0.05) is 13.8 Å². The summed E-state index contributed by atoms with van der Waals surface area (Å²) in [5.74, 6) is -0.782. The third kappa shape index (κ3) is 2.37. The molecule has 0 saturated carbocycles. The first-order valence-electron chi connectivity index (χ1n) is 5.92. The minimum Gasteiger partial charge on any atom is -0.477 e. The molecule has 0 atom stereocenters. The Bertz CT molecular complexity index is 641. The van der Waals surface area contributed by atoms with E-state index < -0.39 is 5.97 Å². The summed E-state index contributed by atoms with van der Waals surface area (Å²) in [5, 5.41) is 10.2. The fraction of sp³-hybridized carbons (Fsp3) is 0.385. The quantitative estimate of drug-likeness (QED) is 0.900. The number of thiazole rings is 1. The smallest absolute Gasteiger partial charge is 0.348 e. The van der Waals surface area contributed by atoms with Crippen molar-refractivity contribution in [3.05, 3.63) is 21.1 Å². The number of nitrogens with two attached hydrogens (primary N) is 1. The highest BCUT2D eigenvalue weighted by Crippen LogP contribution is 2.45. The molecule has 0 bridgehead atoms. The van der Waals surface area contributed by atoms with Crippen molar-refractivity contribution >= 4 is 34.3 Å². The highest BCUT2D eigenvalue weighted by molar-refractivity contribution is 7.23. The van der Waals surface area contributed by atoms with Gasteiger partial charge in [0.15, 0.2) is 0 Å². The Morgan fingerprint density at radius 3 is 2.32 bits per heavy atom. The van der Waals surface area contributed by atoms with E-state index in [9.17, 15) is 9.90 Å². The van der Waals surface area contributed by atoms with Crippen LogP contribution >= 0.6 is 22.7 Å². The van der Waals surface area contributed by atoms with Crippen molar-refractivity contribution < 1.29 is 9.90 Å². The van der Waals surface area contributed by atoms with Crippen molar-refractivity contribution in [2.75, 3.05) is 5.73 Å². The van der Waals surface area contributed by atoms with Crippen molar-refractivity contribution in [1.82, 2.24) is 4.98 Å². The van der Waals surface area contributed by atoms with Crippen LogP contribution in [0.15, 0.2) is 0 Å². The summed E-state index contributed by atoms with van der Waals surface area (Å²) in [5.41, 5.74) is 8.27. The number of thiophene rings is 1. The number of aromatic carboxylic acids is 1. The molecule has 2 rings (SSSR count). The fourth-order valence-corrected chi connectivity index (χ4v) is 4.43. The molecule has 102 valence electrons. The van der Waals surface area contributed by atoms with Crippen LogP contribution < -0.4 is 5.73 Å². The maximum absolute atomic E-state index is 11.2. The van der Waals surface area contributed by atoms with Crippen LogP contribution in [0.1, 0.15) is 45.7 Å². The largest absolute Gasteiger partial charge is 0.477 e. The number of hydrogen-bond donors (Lipinski definition) is 2. The molecular formula is C13H16N2O2S2. The van der Waals surface area contributed by atoms with Gasteiger partial charge < -0.3 is 10.8 Å². The van der Waals surface area contributed by atoms with Crippen molar-refractivity contribution in [1.29, 1.82) is 0 Å². The lowest BCUT2D eigenvalue weighted by Gasteiger charge is -2.07. The van der Waals surface area contributed by atoms with Crippen LogP contribution in [0.4, 0.5) is 5.69 Å². The van der Waals surface area contributed by atoms with Crippen molar-refractivity contribution in [2.24, 2.45) is 0 Å². The number of nitrogen functional groups attached to an aromatic ring is 1. The zero-order valence-corrected chi connectivity index (χ0v) is 12.9. The van der Waals surface area contributed by atoms with E-state index >= 15 is 0 Å². The molecule has 0 aliphatic rings. The highest BCUT2D eigenvalue weighted by atomic mass is 32.1. The zero-order chi connectivity index (χ0) is 14.3. The molecule has 0 unspecified atom stereocenters. The Labute approximate surface area is 119 Å². The van der Waals surface area contributed by atoms with E-state index in [2.05, 4.69) is 4.98 Å². The molecule has 2 aromatic heterocycles. The predicted octanol–water partition coefficient (Wildman–Crippen LogP) is 3.89. The molecule has 2 aromatic rings. The van der Waals surface area contributed by atoms with E-state index in [1.54, 1.807) is 11.3 Å². The molecule has 0 amide bonds. The summed E-state index contributed by atoms with van der Waals surface area (Å²) < 4.78 is 0. The molecule has 0 radical (unpaired) electrons. The second-order valence-corrected chi connectivity index (χ2v) is 6.92. The van der Waals surface area contributed by atoms with E-state index in [1.807, 2.05) is 27.7 Å². The first kappa shape index (κ1) is 14.0. The zero-order valence-electron chi connectivity index (χ0n) is 11.3. The van der Waals surface area contributed by atoms with Crippen LogP contribution in [0.5, 0.6) is 0 Å². The lowest BCUT2D eigenvalue weighted by atomic mass is 10.0. The van der Waals surface area contributed by atoms with E-state index in [0.717, 1.165) is 26.0 Å². The van der Waals surface area contributed by atoms with Crippen LogP contribution in [-0.4, -0.2) is 16.1 Å². The molecule has 0 aliphatic carbocycles. The summed E-state index contributed by atoms with van der Waals surface area (Å²) in [4.78, 5) is 17.9. The highest BCUT2D eigenvalue weighted by Gasteiger charge is 2.25. The minimum atomic E-state index is -0.963. The Kier molecular flexibility index (Phi) is 3.64. The van der Waals surface area contributed by atoms with Gasteiger partial charge in [-0.25, -0.2) is 9.78 Å². The molecule has 0 spiro atoms. The third-order valence-electron chi connectivity index (χ3n) is 2.86. The molecule has 6 heteroatoms. The summed E-state index contributed by atoms with van der Waals surface area (Å²) in [6.45, 7) is 7.94. The first-order chi connectivity index (χ1) is 8.82. The summed E-state index contributed by atoms with van der Waals surface area (Å²) in [6, 6.07) is 0. The van der Waals surface area contributed by atoms with Crippen LogP contribution in [0, 0.1) is 13.8 Å². The van der Waals surface area contributed by atoms with Gasteiger partial charge in [0.25, 0.3) is 0 Å². The number of hydrogen-bond acceptors (Lipinski definition) is 5. The summed E-state index contributed by atoms with van der Waals surface area (Å²) >= 11 is 2.83. The molecule has 3 N–H and O–H groups in total. The Hall–Kier alpha value is -1.40. The van der Waals surface area contributed by atoms with Gasteiger partial charge in [0.2, 0.25) is 0 Å². The number of carboxylic acid groups (broad SMARTS) is 1. The van der Waals surface area contributed by atoms with Crippen molar-refractivity contribution in [3.8, 4) is 9.75 Å². The number of carboxylic acids is 1. The second kappa shape index (κ2) is 4.94. The van der Waals surface area contributed by atoms with Gasteiger partial charge in [0.05, 0.1) is 26.1 Å². The molecular weight excluding hydrogens is 280 g/mol. The summed E-state index contributed by atoms with van der Waals surface area (Å²) in [7, 11) is 0. The number of aryl methyl sites for hydroxylation is 2. The molecule has 2 heterocycles. The van der Waals surface area contributed by atoms with Crippen LogP contribution in [0.25, 0.3) is 9.75 Å². The number of rotatable bonds is 3. The lowest BCUT2D eigenvalue weighted by molar-refractivity contribution is 0.0703. The second-order valence-electron chi connectivity index (χ2n) is 4.69. The number of carbonyl (C=O) groups is 1. The number of nitrogens with zero attached hydrogens (tertiary/aromatic N) is 1. The number of aromatic nitrogens is 1. The lowest BCUT2D eigenvalue weighted by Crippen LogP contribution is -2.00. The van der Waals surface area contributed by atoms with Gasteiger partial charge in [0, 0.05) is 0 Å². The third-order valence-corrected chi connectivity index (χ3v) is 5.31. The Balaban J connectivity index is 2.72. The SMILES string of the molecule is Cc1nc(C)c(-c2sc(C(=O)O)c(N)c2C(C)C)s1. The number of anilines is 1. The molecule has 0 fully saturated rings. The maximum Gasteiger partial charge on any atom is 0.348 e. The fourth-order valence-electron chi connectivity index (χ4n) is 2.10. The maximum atomic E-state index is 11.2. The monoisotopic (exact) mass is 296 g/mol. The predicted molar refractivity (Wildman–Crippen MR) is 80.4 cm³/mol. The Morgan fingerprint density at radius 2 is 1.89 bits per heavy atom. The average Bonchev–Trinajstić information content (AvgIpc) is 2.78. The van der Waals surface area contributed by atoms with Crippen LogP contribution in [0.3, 0.4) is 0 Å². The van der Waals surface area contributed by atoms with E-state index in [1.165, 1.54) is 11.3 Å².